The van der Waals surface area contributed by atoms with Gasteiger partial charge in [0.05, 0.1) is 12.6 Å². The molecule has 0 radical (unpaired) electrons. The molecule has 4 aliphatic carbocycles. The van der Waals surface area contributed by atoms with Crippen LogP contribution in [0.15, 0.2) is 0 Å². The minimum Gasteiger partial charge on any atom is -0.389 e. The fourth-order valence-corrected chi connectivity index (χ4v) is 5.12. The van der Waals surface area contributed by atoms with Crippen molar-refractivity contribution in [1.29, 1.82) is 0 Å². The lowest BCUT2D eigenvalue weighted by molar-refractivity contribution is -0.185. The Morgan fingerprint density at radius 3 is 2.17 bits per heavy atom. The van der Waals surface area contributed by atoms with Gasteiger partial charge in [0.25, 0.3) is 0 Å². The highest BCUT2D eigenvalue weighted by atomic mass is 16.7. The van der Waals surface area contributed by atoms with E-state index in [1.165, 1.54) is 37.2 Å². The van der Waals surface area contributed by atoms with Gasteiger partial charge in [0.2, 0.25) is 5.91 Å². The molecule has 1 amide bonds. The van der Waals surface area contributed by atoms with Crippen LogP contribution in [0, 0.1) is 29.6 Å². The Balaban J connectivity index is 1.52. The molecule has 1 N–H and O–H groups in total. The fraction of sp³-hybridized carbons (Fsp3) is 0.929. The zero-order valence-electron chi connectivity index (χ0n) is 10.6. The summed E-state index contributed by atoms with van der Waals surface area (Å²) in [4.78, 5) is 17.9. The molecule has 4 saturated carbocycles. The lowest BCUT2D eigenvalue weighted by Crippen LogP contribution is -2.51. The van der Waals surface area contributed by atoms with Crippen molar-refractivity contribution in [2.24, 2.45) is 29.6 Å². The summed E-state index contributed by atoms with van der Waals surface area (Å²) in [6.45, 7) is 0.640. The van der Waals surface area contributed by atoms with Crippen LogP contribution in [0.4, 0.5) is 0 Å². The third-order valence-electron chi connectivity index (χ3n) is 5.56. The second kappa shape index (κ2) is 3.94. The summed E-state index contributed by atoms with van der Waals surface area (Å²) in [6.07, 6.45) is 5.91. The number of aliphatic hydroxyl groups is 1. The van der Waals surface area contributed by atoms with Crippen LogP contribution in [0.2, 0.25) is 0 Å². The SMILES string of the molecule is O=C(C1C2CC3CC(C2)CC1C3)N1C[C@H](O)CO1. The monoisotopic (exact) mass is 251 g/mol. The van der Waals surface area contributed by atoms with E-state index in [0.717, 1.165) is 11.8 Å². The molecule has 0 aromatic carbocycles. The first-order valence-corrected chi connectivity index (χ1v) is 7.33. The Morgan fingerprint density at radius 2 is 1.67 bits per heavy atom. The van der Waals surface area contributed by atoms with Crippen LogP contribution in [0.3, 0.4) is 0 Å². The third-order valence-corrected chi connectivity index (χ3v) is 5.56. The van der Waals surface area contributed by atoms with E-state index in [-0.39, 0.29) is 18.4 Å². The van der Waals surface area contributed by atoms with E-state index in [0.29, 0.717) is 18.4 Å². The van der Waals surface area contributed by atoms with Gasteiger partial charge in [-0.3, -0.25) is 9.63 Å². The Bertz CT molecular complexity index is 342. The molecule has 18 heavy (non-hydrogen) atoms. The van der Waals surface area contributed by atoms with Crippen molar-refractivity contribution < 1.29 is 14.7 Å². The molecule has 1 saturated heterocycles. The highest BCUT2D eigenvalue weighted by Gasteiger charge is 2.52. The molecule has 5 fully saturated rings. The molecule has 100 valence electrons. The Morgan fingerprint density at radius 1 is 1.06 bits per heavy atom. The van der Waals surface area contributed by atoms with Crippen LogP contribution in [-0.2, 0) is 9.63 Å². The van der Waals surface area contributed by atoms with E-state index < -0.39 is 6.10 Å². The first-order valence-electron chi connectivity index (χ1n) is 7.33. The van der Waals surface area contributed by atoms with Crippen LogP contribution >= 0.6 is 0 Å². The van der Waals surface area contributed by atoms with Crippen molar-refractivity contribution in [2.75, 3.05) is 13.2 Å². The van der Waals surface area contributed by atoms with E-state index in [9.17, 15) is 9.90 Å². The van der Waals surface area contributed by atoms with Gasteiger partial charge >= 0.3 is 0 Å². The van der Waals surface area contributed by atoms with Gasteiger partial charge in [-0.05, 0) is 55.8 Å². The molecule has 0 aromatic heterocycles. The summed E-state index contributed by atoms with van der Waals surface area (Å²) in [5.74, 6) is 3.30. The molecular weight excluding hydrogens is 230 g/mol. The topological polar surface area (TPSA) is 49.8 Å². The second-order valence-corrected chi connectivity index (χ2v) is 6.81. The largest absolute Gasteiger partial charge is 0.389 e. The average Bonchev–Trinajstić information content (AvgIpc) is 2.74. The van der Waals surface area contributed by atoms with Crippen LogP contribution in [0.1, 0.15) is 32.1 Å². The van der Waals surface area contributed by atoms with E-state index in [2.05, 4.69) is 0 Å². The first kappa shape index (κ1) is 11.2. The normalized spacial score (nSPS) is 49.9. The first-order chi connectivity index (χ1) is 8.70. The number of rotatable bonds is 1. The maximum atomic E-state index is 12.6. The van der Waals surface area contributed by atoms with Crippen molar-refractivity contribution in [2.45, 2.75) is 38.2 Å². The molecule has 4 bridgehead atoms. The standard InChI is InChI=1S/C14H21NO3/c16-12-6-15(18-7-12)14(17)13-10-2-8-1-9(4-10)5-11(13)3-8/h8-13,16H,1-7H2/t8?,9?,10?,11?,12-,13?/m0/s1. The summed E-state index contributed by atoms with van der Waals surface area (Å²) >= 11 is 0. The number of hydroxylamine groups is 2. The van der Waals surface area contributed by atoms with Crippen LogP contribution in [0.25, 0.3) is 0 Å². The van der Waals surface area contributed by atoms with Gasteiger partial charge in [0.1, 0.15) is 6.61 Å². The number of amides is 1. The van der Waals surface area contributed by atoms with Crippen molar-refractivity contribution in [3.63, 3.8) is 0 Å². The van der Waals surface area contributed by atoms with E-state index in [4.69, 9.17) is 4.84 Å². The highest BCUT2D eigenvalue weighted by Crippen LogP contribution is 2.56. The number of β-amino-alcohol motifs (C(OH)–C–C–N with tert-alkyl or cyclic N) is 1. The van der Waals surface area contributed by atoms with E-state index >= 15 is 0 Å². The summed E-state index contributed by atoms with van der Waals surface area (Å²) in [5.41, 5.74) is 0. The molecule has 5 aliphatic rings. The second-order valence-electron chi connectivity index (χ2n) is 6.81. The lowest BCUT2D eigenvalue weighted by Gasteiger charge is -2.54. The smallest absolute Gasteiger partial charge is 0.249 e. The maximum Gasteiger partial charge on any atom is 0.249 e. The Labute approximate surface area is 107 Å². The van der Waals surface area contributed by atoms with Gasteiger partial charge in [-0.25, -0.2) is 5.06 Å². The molecule has 4 heteroatoms. The maximum absolute atomic E-state index is 12.6. The molecule has 1 heterocycles. The number of carbonyl (C=O) groups is 1. The van der Waals surface area contributed by atoms with Gasteiger partial charge in [0, 0.05) is 5.92 Å². The van der Waals surface area contributed by atoms with Crippen LogP contribution in [0.5, 0.6) is 0 Å². The van der Waals surface area contributed by atoms with E-state index in [1.807, 2.05) is 0 Å². The predicted molar refractivity (Wildman–Crippen MR) is 64.2 cm³/mol. The minimum atomic E-state index is -0.495. The fourth-order valence-electron chi connectivity index (χ4n) is 5.12. The van der Waals surface area contributed by atoms with Gasteiger partial charge < -0.3 is 5.11 Å². The molecule has 1 aliphatic heterocycles. The van der Waals surface area contributed by atoms with Crippen molar-refractivity contribution in [3.05, 3.63) is 0 Å². The molecule has 0 spiro atoms. The quantitative estimate of drug-likeness (QED) is 0.761. The molecule has 4 nitrogen and oxygen atoms in total. The van der Waals surface area contributed by atoms with Crippen molar-refractivity contribution in [3.8, 4) is 0 Å². The number of hydrogen-bond donors (Lipinski definition) is 1. The molecule has 1 atom stereocenters. The molecule has 5 rings (SSSR count). The molecule has 0 aromatic rings. The van der Waals surface area contributed by atoms with E-state index in [1.54, 1.807) is 0 Å². The zero-order valence-corrected chi connectivity index (χ0v) is 10.6. The number of nitrogens with zero attached hydrogens (tertiary/aromatic N) is 1. The lowest BCUT2D eigenvalue weighted by atomic mass is 9.51. The summed E-state index contributed by atoms with van der Waals surface area (Å²) < 4.78 is 0. The highest BCUT2D eigenvalue weighted by molar-refractivity contribution is 5.79. The van der Waals surface area contributed by atoms with Crippen molar-refractivity contribution >= 4 is 5.91 Å². The van der Waals surface area contributed by atoms with Crippen molar-refractivity contribution in [1.82, 2.24) is 5.06 Å². The minimum absolute atomic E-state index is 0.153. The molecule has 0 unspecified atom stereocenters. The Kier molecular flexibility index (Phi) is 2.46. The number of hydrogen-bond acceptors (Lipinski definition) is 3. The number of carbonyl (C=O) groups excluding carboxylic acids is 1. The zero-order chi connectivity index (χ0) is 12.3. The van der Waals surface area contributed by atoms with Gasteiger partial charge in [-0.1, -0.05) is 0 Å². The van der Waals surface area contributed by atoms with Crippen LogP contribution < -0.4 is 0 Å². The van der Waals surface area contributed by atoms with Crippen LogP contribution in [-0.4, -0.2) is 35.3 Å². The summed E-state index contributed by atoms with van der Waals surface area (Å²) in [5, 5.41) is 10.9. The van der Waals surface area contributed by atoms with Gasteiger partial charge in [-0.15, -0.1) is 0 Å². The van der Waals surface area contributed by atoms with Gasteiger partial charge in [-0.2, -0.15) is 0 Å². The van der Waals surface area contributed by atoms with Gasteiger partial charge in [0.15, 0.2) is 0 Å². The third kappa shape index (κ3) is 1.62. The molecular formula is C14H21NO3. The predicted octanol–water partition coefficient (Wildman–Crippen LogP) is 1.19. The number of aliphatic hydroxyl groups excluding tert-OH is 1. The summed E-state index contributed by atoms with van der Waals surface area (Å²) in [7, 11) is 0. The Hall–Kier alpha value is -0.610. The average molecular weight is 251 g/mol. The summed E-state index contributed by atoms with van der Waals surface area (Å²) in [6, 6.07) is 0.